The van der Waals surface area contributed by atoms with Gasteiger partial charge in [0.15, 0.2) is 5.84 Å². The number of nitrogens with one attached hydrogen (secondary N) is 1. The van der Waals surface area contributed by atoms with Crippen LogP contribution in [0.2, 0.25) is 0 Å². The van der Waals surface area contributed by atoms with Crippen LogP contribution in [0, 0.1) is 5.92 Å². The molecule has 0 saturated carbocycles. The number of hydrogen-bond donors (Lipinski definition) is 4. The second-order valence-corrected chi connectivity index (χ2v) is 4.18. The van der Waals surface area contributed by atoms with E-state index in [2.05, 4.69) is 24.3 Å². The van der Waals surface area contributed by atoms with E-state index in [1.807, 2.05) is 6.92 Å². The van der Waals surface area contributed by atoms with Crippen LogP contribution in [0.25, 0.3) is 0 Å². The SMILES string of the molecule is CCC(NCC(O)CC(C)C)C(N)=NO. The van der Waals surface area contributed by atoms with Gasteiger partial charge in [-0.1, -0.05) is 25.9 Å². The summed E-state index contributed by atoms with van der Waals surface area (Å²) in [6.07, 6.45) is 1.09. The Hall–Kier alpha value is -0.810. The van der Waals surface area contributed by atoms with Crippen molar-refractivity contribution in [3.8, 4) is 0 Å². The van der Waals surface area contributed by atoms with E-state index in [0.29, 0.717) is 12.5 Å². The smallest absolute Gasteiger partial charge is 0.156 e. The highest BCUT2D eigenvalue weighted by Gasteiger charge is 2.13. The van der Waals surface area contributed by atoms with E-state index in [0.717, 1.165) is 12.8 Å². The first kappa shape index (κ1) is 14.2. The molecule has 5 N–H and O–H groups in total. The van der Waals surface area contributed by atoms with E-state index in [-0.39, 0.29) is 18.0 Å². The highest BCUT2D eigenvalue weighted by Crippen LogP contribution is 2.03. The molecule has 0 fully saturated rings. The first-order valence-electron chi connectivity index (χ1n) is 5.40. The Kier molecular flexibility index (Phi) is 7.07. The second kappa shape index (κ2) is 7.48. The summed E-state index contributed by atoms with van der Waals surface area (Å²) in [6.45, 7) is 6.52. The van der Waals surface area contributed by atoms with Crippen molar-refractivity contribution in [1.82, 2.24) is 5.32 Å². The lowest BCUT2D eigenvalue weighted by molar-refractivity contribution is 0.144. The fourth-order valence-electron chi connectivity index (χ4n) is 1.43. The lowest BCUT2D eigenvalue weighted by Crippen LogP contribution is -2.44. The van der Waals surface area contributed by atoms with Crippen molar-refractivity contribution in [2.45, 2.75) is 45.8 Å². The van der Waals surface area contributed by atoms with Gasteiger partial charge in [0.1, 0.15) is 0 Å². The van der Waals surface area contributed by atoms with E-state index >= 15 is 0 Å². The summed E-state index contributed by atoms with van der Waals surface area (Å²) in [4.78, 5) is 0. The molecule has 0 heterocycles. The standard InChI is InChI=1S/C10H23N3O2/c1-4-9(10(11)13-15)12-6-8(14)5-7(2)3/h7-9,12,14-15H,4-6H2,1-3H3,(H2,11,13). The number of aliphatic hydroxyl groups excluding tert-OH is 1. The number of oxime groups is 1. The van der Waals surface area contributed by atoms with E-state index in [4.69, 9.17) is 10.9 Å². The first-order chi connectivity index (χ1) is 7.01. The fourth-order valence-corrected chi connectivity index (χ4v) is 1.43. The Morgan fingerprint density at radius 3 is 2.47 bits per heavy atom. The van der Waals surface area contributed by atoms with Crippen LogP contribution in [-0.4, -0.2) is 34.8 Å². The Balaban J connectivity index is 3.90. The summed E-state index contributed by atoms with van der Waals surface area (Å²) in [5.74, 6) is 0.625. The monoisotopic (exact) mass is 217 g/mol. The van der Waals surface area contributed by atoms with Gasteiger partial charge < -0.3 is 21.4 Å². The van der Waals surface area contributed by atoms with E-state index < -0.39 is 0 Å². The van der Waals surface area contributed by atoms with E-state index in [9.17, 15) is 5.11 Å². The minimum Gasteiger partial charge on any atom is -0.409 e. The third kappa shape index (κ3) is 6.30. The molecule has 2 unspecified atom stereocenters. The van der Waals surface area contributed by atoms with Gasteiger partial charge in [0.05, 0.1) is 12.1 Å². The molecule has 15 heavy (non-hydrogen) atoms. The molecule has 0 aromatic rings. The molecule has 0 aliphatic rings. The maximum atomic E-state index is 9.61. The zero-order valence-electron chi connectivity index (χ0n) is 9.77. The van der Waals surface area contributed by atoms with Crippen molar-refractivity contribution in [3.05, 3.63) is 0 Å². The summed E-state index contributed by atoms with van der Waals surface area (Å²) in [5.41, 5.74) is 5.47. The zero-order valence-corrected chi connectivity index (χ0v) is 9.77. The Bertz CT molecular complexity index is 195. The molecule has 0 amide bonds. The van der Waals surface area contributed by atoms with E-state index in [1.165, 1.54) is 0 Å². The topological polar surface area (TPSA) is 90.9 Å². The van der Waals surface area contributed by atoms with Gasteiger partial charge in [0.25, 0.3) is 0 Å². The van der Waals surface area contributed by atoms with Gasteiger partial charge in [0, 0.05) is 6.54 Å². The van der Waals surface area contributed by atoms with Crippen molar-refractivity contribution in [1.29, 1.82) is 0 Å². The summed E-state index contributed by atoms with van der Waals surface area (Å²) in [5, 5.41) is 24.1. The molecule has 5 heteroatoms. The minimum atomic E-state index is -0.384. The molecule has 0 bridgehead atoms. The van der Waals surface area contributed by atoms with Gasteiger partial charge in [-0.2, -0.15) is 0 Å². The maximum absolute atomic E-state index is 9.61. The first-order valence-corrected chi connectivity index (χ1v) is 5.40. The quantitative estimate of drug-likeness (QED) is 0.216. The van der Waals surface area contributed by atoms with Gasteiger partial charge in [-0.15, -0.1) is 0 Å². The zero-order chi connectivity index (χ0) is 11.8. The Morgan fingerprint density at radius 1 is 1.47 bits per heavy atom. The fraction of sp³-hybridized carbons (Fsp3) is 0.900. The molecule has 0 radical (unpaired) electrons. The molecular formula is C10H23N3O2. The molecule has 0 aliphatic carbocycles. The molecule has 2 atom stereocenters. The normalized spacial score (nSPS) is 16.7. The molecule has 5 nitrogen and oxygen atoms in total. The molecule has 0 aromatic heterocycles. The number of amidine groups is 1. The molecule has 90 valence electrons. The largest absolute Gasteiger partial charge is 0.409 e. The van der Waals surface area contributed by atoms with Gasteiger partial charge in [-0.05, 0) is 18.8 Å². The van der Waals surface area contributed by atoms with Gasteiger partial charge >= 0.3 is 0 Å². The van der Waals surface area contributed by atoms with Crippen LogP contribution >= 0.6 is 0 Å². The lowest BCUT2D eigenvalue weighted by Gasteiger charge is -2.19. The highest BCUT2D eigenvalue weighted by atomic mass is 16.4. The van der Waals surface area contributed by atoms with Gasteiger partial charge in [0.2, 0.25) is 0 Å². The highest BCUT2D eigenvalue weighted by molar-refractivity contribution is 5.85. The van der Waals surface area contributed by atoms with Crippen molar-refractivity contribution >= 4 is 5.84 Å². The lowest BCUT2D eigenvalue weighted by atomic mass is 10.1. The van der Waals surface area contributed by atoms with E-state index in [1.54, 1.807) is 0 Å². The number of nitrogens with zero attached hydrogens (tertiary/aromatic N) is 1. The van der Waals surface area contributed by atoms with Crippen LogP contribution in [0.15, 0.2) is 5.16 Å². The van der Waals surface area contributed by atoms with Crippen molar-refractivity contribution in [3.63, 3.8) is 0 Å². The molecular weight excluding hydrogens is 194 g/mol. The predicted molar refractivity (Wildman–Crippen MR) is 61.0 cm³/mol. The maximum Gasteiger partial charge on any atom is 0.156 e. The number of hydrogen-bond acceptors (Lipinski definition) is 4. The van der Waals surface area contributed by atoms with Crippen molar-refractivity contribution in [2.24, 2.45) is 16.8 Å². The predicted octanol–water partition coefficient (Wildman–Crippen LogP) is 0.508. The van der Waals surface area contributed by atoms with Gasteiger partial charge in [-0.25, -0.2) is 0 Å². The van der Waals surface area contributed by atoms with Crippen molar-refractivity contribution < 1.29 is 10.3 Å². The second-order valence-electron chi connectivity index (χ2n) is 4.18. The average molecular weight is 217 g/mol. The number of nitrogens with two attached hydrogens (primary N) is 1. The molecule has 0 saturated heterocycles. The molecule has 0 rings (SSSR count). The summed E-state index contributed by atoms with van der Waals surface area (Å²) in [7, 11) is 0. The average Bonchev–Trinajstić information content (AvgIpc) is 2.17. The van der Waals surface area contributed by atoms with Crippen LogP contribution in [0.5, 0.6) is 0 Å². The number of aliphatic hydroxyl groups is 1. The molecule has 0 spiro atoms. The van der Waals surface area contributed by atoms with Crippen LogP contribution in [-0.2, 0) is 0 Å². The summed E-state index contributed by atoms with van der Waals surface area (Å²) >= 11 is 0. The third-order valence-corrected chi connectivity index (χ3v) is 2.22. The number of rotatable bonds is 7. The van der Waals surface area contributed by atoms with Crippen molar-refractivity contribution in [2.75, 3.05) is 6.54 Å². The Labute approximate surface area is 91.4 Å². The molecule has 0 aromatic carbocycles. The van der Waals surface area contributed by atoms with Crippen LogP contribution in [0.1, 0.15) is 33.6 Å². The van der Waals surface area contributed by atoms with Crippen LogP contribution in [0.3, 0.4) is 0 Å². The third-order valence-electron chi connectivity index (χ3n) is 2.22. The van der Waals surface area contributed by atoms with Crippen LogP contribution in [0.4, 0.5) is 0 Å². The van der Waals surface area contributed by atoms with Gasteiger partial charge in [-0.3, -0.25) is 0 Å². The van der Waals surface area contributed by atoms with Crippen LogP contribution < -0.4 is 11.1 Å². The molecule has 0 aliphatic heterocycles. The summed E-state index contributed by atoms with van der Waals surface area (Å²) in [6, 6.07) is -0.170. The summed E-state index contributed by atoms with van der Waals surface area (Å²) < 4.78 is 0. The minimum absolute atomic E-state index is 0.161. The Morgan fingerprint density at radius 2 is 2.07 bits per heavy atom.